The first-order valence-electron chi connectivity index (χ1n) is 17.0. The van der Waals surface area contributed by atoms with Gasteiger partial charge in [-0.05, 0) is 61.8 Å². The molecule has 2 aliphatic heterocycles. The number of piperazine rings is 1. The predicted octanol–water partition coefficient (Wildman–Crippen LogP) is 3.98. The van der Waals surface area contributed by atoms with E-state index >= 15 is 0 Å². The van der Waals surface area contributed by atoms with Crippen LogP contribution in [0.25, 0.3) is 0 Å². The first kappa shape index (κ1) is 31.5. The summed E-state index contributed by atoms with van der Waals surface area (Å²) >= 11 is 0. The Balaban J connectivity index is 1.15. The van der Waals surface area contributed by atoms with Crippen LogP contribution < -0.4 is 40.5 Å². The minimum absolute atomic E-state index is 0.0272. The van der Waals surface area contributed by atoms with Crippen molar-refractivity contribution < 1.29 is 9.47 Å². The smallest absolute Gasteiger partial charge is 0.232 e. The van der Waals surface area contributed by atoms with Crippen LogP contribution in [0.2, 0.25) is 0 Å². The number of nitrogen functional groups attached to an aromatic ring is 1. The van der Waals surface area contributed by atoms with Crippen LogP contribution >= 0.6 is 0 Å². The molecule has 4 heterocycles. The van der Waals surface area contributed by atoms with Gasteiger partial charge in [-0.15, -0.1) is 0 Å². The van der Waals surface area contributed by atoms with E-state index in [1.165, 1.54) is 18.4 Å². The van der Waals surface area contributed by atoms with Crippen LogP contribution in [0.5, 0.6) is 11.5 Å². The van der Waals surface area contributed by atoms with Gasteiger partial charge in [0.05, 0.1) is 6.04 Å². The summed E-state index contributed by atoms with van der Waals surface area (Å²) < 4.78 is 11.0. The fourth-order valence-corrected chi connectivity index (χ4v) is 6.21. The monoisotopic (exact) mass is 652 g/mol. The maximum absolute atomic E-state index is 6.30. The molecule has 2 aromatic heterocycles. The van der Waals surface area contributed by atoms with Crippen LogP contribution in [0.4, 0.5) is 35.7 Å². The van der Waals surface area contributed by atoms with Crippen molar-refractivity contribution in [2.24, 2.45) is 5.92 Å². The van der Waals surface area contributed by atoms with Gasteiger partial charge in [0.15, 0.2) is 11.5 Å². The third kappa shape index (κ3) is 7.53. The summed E-state index contributed by atoms with van der Waals surface area (Å²) in [4.78, 5) is 35.4. The van der Waals surface area contributed by atoms with E-state index in [4.69, 9.17) is 30.2 Å². The Morgan fingerprint density at radius 3 is 2.46 bits per heavy atom. The molecule has 1 unspecified atom stereocenters. The van der Waals surface area contributed by atoms with E-state index in [1.54, 1.807) is 0 Å². The Bertz CT molecular complexity index is 1690. The minimum Gasteiger partial charge on any atom is -0.454 e. The van der Waals surface area contributed by atoms with E-state index in [1.807, 2.05) is 31.2 Å². The molecule has 14 nitrogen and oxygen atoms in total. The standard InChI is InChI=1S/C34H44N12O2/c1-3-14-44(20-24-10-11-24)32-38-29(35)39-33(43-32)45-15-16-46(26(21-45)17-23-8-6-5-7-9-23)34-41-30(36-4-2)40-31(42-34)37-19-25-12-13-27-28(18-25)48-22-47-27/h5-9,12-13,18,24,26H,3-4,10-11,14-17,19-22H2,1-2H3,(H2,35,38,39,43)(H2,36,37,40,41,42). The van der Waals surface area contributed by atoms with Crippen LogP contribution in [0.15, 0.2) is 48.5 Å². The van der Waals surface area contributed by atoms with E-state index in [-0.39, 0.29) is 18.8 Å². The molecule has 4 aromatic rings. The van der Waals surface area contributed by atoms with Crippen molar-refractivity contribution in [3.8, 4) is 11.5 Å². The molecule has 2 aromatic carbocycles. The van der Waals surface area contributed by atoms with Gasteiger partial charge < -0.3 is 40.5 Å². The molecule has 2 fully saturated rings. The van der Waals surface area contributed by atoms with Gasteiger partial charge in [0.1, 0.15) is 0 Å². The maximum Gasteiger partial charge on any atom is 0.232 e. The third-order valence-electron chi connectivity index (χ3n) is 8.76. The zero-order valence-electron chi connectivity index (χ0n) is 27.7. The number of benzene rings is 2. The minimum atomic E-state index is 0.0272. The summed E-state index contributed by atoms with van der Waals surface area (Å²) in [6, 6.07) is 16.4. The summed E-state index contributed by atoms with van der Waals surface area (Å²) in [5.41, 5.74) is 8.56. The summed E-state index contributed by atoms with van der Waals surface area (Å²) in [6.07, 6.45) is 4.33. The molecule has 48 heavy (non-hydrogen) atoms. The largest absolute Gasteiger partial charge is 0.454 e. The highest BCUT2D eigenvalue weighted by molar-refractivity contribution is 5.50. The van der Waals surface area contributed by atoms with Gasteiger partial charge in [0.25, 0.3) is 0 Å². The van der Waals surface area contributed by atoms with E-state index in [0.717, 1.165) is 43.0 Å². The molecule has 1 atom stereocenters. The lowest BCUT2D eigenvalue weighted by Crippen LogP contribution is -2.55. The van der Waals surface area contributed by atoms with Gasteiger partial charge in [-0.2, -0.15) is 29.9 Å². The van der Waals surface area contributed by atoms with Crippen molar-refractivity contribution in [1.29, 1.82) is 0 Å². The number of nitrogens with one attached hydrogen (secondary N) is 2. The molecule has 4 N–H and O–H groups in total. The number of hydrogen-bond acceptors (Lipinski definition) is 14. The van der Waals surface area contributed by atoms with Crippen molar-refractivity contribution in [3.05, 3.63) is 59.7 Å². The molecular weight excluding hydrogens is 608 g/mol. The van der Waals surface area contributed by atoms with Gasteiger partial charge >= 0.3 is 0 Å². The van der Waals surface area contributed by atoms with Gasteiger partial charge in [-0.1, -0.05) is 43.3 Å². The quantitative estimate of drug-likeness (QED) is 0.180. The third-order valence-corrected chi connectivity index (χ3v) is 8.76. The fraction of sp³-hybridized carbons (Fsp3) is 0.471. The van der Waals surface area contributed by atoms with E-state index in [9.17, 15) is 0 Å². The zero-order chi connectivity index (χ0) is 32.9. The second kappa shape index (κ2) is 14.3. The fourth-order valence-electron chi connectivity index (χ4n) is 6.21. The van der Waals surface area contributed by atoms with Gasteiger partial charge in [-0.25, -0.2) is 0 Å². The van der Waals surface area contributed by atoms with Crippen LogP contribution in [0.1, 0.15) is 44.2 Å². The molecule has 0 amide bonds. The van der Waals surface area contributed by atoms with E-state index in [2.05, 4.69) is 71.5 Å². The summed E-state index contributed by atoms with van der Waals surface area (Å²) in [7, 11) is 0. The molecule has 252 valence electrons. The zero-order valence-corrected chi connectivity index (χ0v) is 27.7. The molecule has 1 saturated carbocycles. The van der Waals surface area contributed by atoms with Crippen LogP contribution in [-0.4, -0.2) is 82.0 Å². The van der Waals surface area contributed by atoms with Crippen molar-refractivity contribution in [3.63, 3.8) is 0 Å². The second-order valence-electron chi connectivity index (χ2n) is 12.5. The first-order chi connectivity index (χ1) is 23.5. The number of hydrogen-bond donors (Lipinski definition) is 3. The molecule has 14 heteroatoms. The number of fused-ring (bicyclic) bond motifs is 1. The molecule has 3 aliphatic rings. The highest BCUT2D eigenvalue weighted by atomic mass is 16.7. The molecule has 1 aliphatic carbocycles. The van der Waals surface area contributed by atoms with Crippen LogP contribution in [-0.2, 0) is 13.0 Å². The van der Waals surface area contributed by atoms with Crippen molar-refractivity contribution in [2.75, 3.05) is 77.1 Å². The van der Waals surface area contributed by atoms with Crippen LogP contribution in [0.3, 0.4) is 0 Å². The van der Waals surface area contributed by atoms with E-state index < -0.39 is 0 Å². The highest BCUT2D eigenvalue weighted by Crippen LogP contribution is 2.33. The van der Waals surface area contributed by atoms with Crippen molar-refractivity contribution in [1.82, 2.24) is 29.9 Å². The van der Waals surface area contributed by atoms with Crippen molar-refractivity contribution in [2.45, 2.75) is 52.1 Å². The Labute approximate surface area is 281 Å². The average molecular weight is 653 g/mol. The average Bonchev–Trinajstić information content (AvgIpc) is 3.80. The van der Waals surface area contributed by atoms with Gasteiger partial charge in [0.2, 0.25) is 42.5 Å². The normalized spacial score (nSPS) is 17.0. The van der Waals surface area contributed by atoms with Crippen LogP contribution in [0, 0.1) is 5.92 Å². The topological polar surface area (TPSA) is 156 Å². The number of ether oxygens (including phenoxy) is 2. The number of anilines is 6. The lowest BCUT2D eigenvalue weighted by atomic mass is 10.0. The SMILES string of the molecule is CCCN(CC1CC1)c1nc(N)nc(N2CCN(c3nc(NCC)nc(NCc4ccc5c(c4)OCO5)n3)C(Cc3ccccc3)C2)n1. The summed E-state index contributed by atoms with van der Waals surface area (Å²) in [5.74, 6) is 5.38. The first-order valence-corrected chi connectivity index (χ1v) is 17.0. The van der Waals surface area contributed by atoms with Crippen molar-refractivity contribution >= 4 is 35.7 Å². The molecule has 7 rings (SSSR count). The molecule has 0 bridgehead atoms. The lowest BCUT2D eigenvalue weighted by Gasteiger charge is -2.41. The molecular formula is C34H44N12O2. The molecule has 0 spiro atoms. The Morgan fingerprint density at radius 1 is 0.854 bits per heavy atom. The number of aromatic nitrogens is 6. The number of rotatable bonds is 14. The summed E-state index contributed by atoms with van der Waals surface area (Å²) in [6.45, 7) is 9.51. The predicted molar refractivity (Wildman–Crippen MR) is 187 cm³/mol. The summed E-state index contributed by atoms with van der Waals surface area (Å²) in [5, 5.41) is 6.69. The molecule has 1 saturated heterocycles. The maximum atomic E-state index is 6.30. The second-order valence-corrected chi connectivity index (χ2v) is 12.5. The Kier molecular flexibility index (Phi) is 9.39. The van der Waals surface area contributed by atoms with Gasteiger partial charge in [0, 0.05) is 45.8 Å². The number of nitrogens with two attached hydrogens (primary N) is 1. The van der Waals surface area contributed by atoms with E-state index in [0.29, 0.717) is 68.4 Å². The van der Waals surface area contributed by atoms with Gasteiger partial charge in [-0.3, -0.25) is 0 Å². The lowest BCUT2D eigenvalue weighted by molar-refractivity contribution is 0.174. The molecule has 0 radical (unpaired) electrons. The Morgan fingerprint density at radius 2 is 1.67 bits per heavy atom. The Hall–Kier alpha value is -5.14. The number of nitrogens with zero attached hydrogens (tertiary/aromatic N) is 9. The highest BCUT2D eigenvalue weighted by Gasteiger charge is 2.32.